The third kappa shape index (κ3) is 3.71. The minimum absolute atomic E-state index is 0.216. The van der Waals surface area contributed by atoms with Gasteiger partial charge in [0.15, 0.2) is 0 Å². The van der Waals surface area contributed by atoms with E-state index >= 15 is 0 Å². The van der Waals surface area contributed by atoms with Crippen LogP contribution < -0.4 is 11.1 Å². The zero-order valence-corrected chi connectivity index (χ0v) is 11.3. The Bertz CT molecular complexity index is 582. The van der Waals surface area contributed by atoms with Crippen LogP contribution in [0.3, 0.4) is 0 Å². The topological polar surface area (TPSA) is 77.2 Å². The molecule has 0 atom stereocenters. The summed E-state index contributed by atoms with van der Waals surface area (Å²) in [7, 11) is 0. The molecule has 0 unspecified atom stereocenters. The number of carbonyl (C=O) groups excluding carboxylic acids is 1. The molecule has 5 nitrogen and oxygen atoms in total. The second-order valence-electron chi connectivity index (χ2n) is 4.27. The first-order chi connectivity index (χ1) is 9.69. The van der Waals surface area contributed by atoms with E-state index in [0.717, 1.165) is 16.9 Å². The molecule has 1 heterocycles. The average molecular weight is 271 g/mol. The monoisotopic (exact) mass is 271 g/mol. The predicted octanol–water partition coefficient (Wildman–Crippen LogP) is 2.51. The first-order valence-corrected chi connectivity index (χ1v) is 6.40. The Morgan fingerprint density at radius 3 is 2.70 bits per heavy atom. The van der Waals surface area contributed by atoms with Crippen molar-refractivity contribution in [2.45, 2.75) is 13.3 Å². The number of carbonyl (C=O) groups is 1. The highest BCUT2D eigenvalue weighted by molar-refractivity contribution is 5.74. The Balaban J connectivity index is 2.02. The third-order valence-corrected chi connectivity index (χ3v) is 2.74. The Morgan fingerprint density at radius 2 is 2.05 bits per heavy atom. The molecule has 0 saturated heterocycles. The van der Waals surface area contributed by atoms with Crippen LogP contribution in [0.25, 0.3) is 0 Å². The van der Waals surface area contributed by atoms with Crippen LogP contribution in [0.5, 0.6) is 0 Å². The maximum absolute atomic E-state index is 11.4. The second kappa shape index (κ2) is 6.56. The van der Waals surface area contributed by atoms with Crippen molar-refractivity contribution in [3.05, 3.63) is 48.3 Å². The number of nitrogen functional groups attached to an aromatic ring is 1. The van der Waals surface area contributed by atoms with E-state index < -0.39 is 0 Å². The van der Waals surface area contributed by atoms with Crippen LogP contribution in [0.1, 0.15) is 12.5 Å². The van der Waals surface area contributed by atoms with Crippen molar-refractivity contribution in [3.63, 3.8) is 0 Å². The highest BCUT2D eigenvalue weighted by Crippen LogP contribution is 2.21. The van der Waals surface area contributed by atoms with E-state index in [1.165, 1.54) is 0 Å². The zero-order chi connectivity index (χ0) is 14.4. The van der Waals surface area contributed by atoms with Gasteiger partial charge in [0, 0.05) is 11.9 Å². The maximum atomic E-state index is 11.4. The molecule has 0 aliphatic carbocycles. The predicted molar refractivity (Wildman–Crippen MR) is 78.7 cm³/mol. The fourth-order valence-corrected chi connectivity index (χ4v) is 1.76. The van der Waals surface area contributed by atoms with E-state index in [1.807, 2.05) is 30.3 Å². The highest BCUT2D eigenvalue weighted by Gasteiger charge is 2.04. The van der Waals surface area contributed by atoms with Crippen molar-refractivity contribution in [1.29, 1.82) is 0 Å². The quantitative estimate of drug-likeness (QED) is 0.817. The van der Waals surface area contributed by atoms with Crippen LogP contribution in [-0.2, 0) is 16.0 Å². The second-order valence-corrected chi connectivity index (χ2v) is 4.27. The van der Waals surface area contributed by atoms with E-state index in [2.05, 4.69) is 10.3 Å². The molecule has 0 amide bonds. The Hall–Kier alpha value is -2.56. The molecule has 1 aromatic carbocycles. The van der Waals surface area contributed by atoms with Gasteiger partial charge < -0.3 is 15.8 Å². The lowest BCUT2D eigenvalue weighted by molar-refractivity contribution is -0.142. The van der Waals surface area contributed by atoms with E-state index in [0.29, 0.717) is 12.3 Å². The first-order valence-electron chi connectivity index (χ1n) is 6.40. The summed E-state index contributed by atoms with van der Waals surface area (Å²) >= 11 is 0. The molecular formula is C15H17N3O2. The van der Waals surface area contributed by atoms with E-state index in [-0.39, 0.29) is 12.4 Å². The standard InChI is InChI=1S/C15H17N3O2/c1-2-20-15(19)9-11-3-5-12(6-4-11)18-14-7-8-17-10-13(14)16/h3-8,10H,2,9,16H2,1H3,(H,17,18). The van der Waals surface area contributed by atoms with Gasteiger partial charge in [-0.15, -0.1) is 0 Å². The molecule has 0 aliphatic rings. The summed E-state index contributed by atoms with van der Waals surface area (Å²) < 4.78 is 4.91. The number of aromatic nitrogens is 1. The van der Waals surface area contributed by atoms with Crippen LogP contribution >= 0.6 is 0 Å². The molecule has 0 saturated carbocycles. The lowest BCUT2D eigenvalue weighted by Crippen LogP contribution is -2.07. The van der Waals surface area contributed by atoms with Crippen molar-refractivity contribution >= 4 is 23.0 Å². The van der Waals surface area contributed by atoms with Crippen LogP contribution in [0.2, 0.25) is 0 Å². The van der Waals surface area contributed by atoms with Crippen molar-refractivity contribution in [1.82, 2.24) is 4.98 Å². The Morgan fingerprint density at radius 1 is 1.30 bits per heavy atom. The van der Waals surface area contributed by atoms with Crippen LogP contribution in [0.15, 0.2) is 42.7 Å². The van der Waals surface area contributed by atoms with Gasteiger partial charge in [-0.3, -0.25) is 9.78 Å². The molecule has 5 heteroatoms. The molecular weight excluding hydrogens is 254 g/mol. The molecule has 0 radical (unpaired) electrons. The lowest BCUT2D eigenvalue weighted by atomic mass is 10.1. The molecule has 0 fully saturated rings. The number of anilines is 3. The number of benzene rings is 1. The third-order valence-electron chi connectivity index (χ3n) is 2.74. The Kier molecular flexibility index (Phi) is 4.55. The summed E-state index contributed by atoms with van der Waals surface area (Å²) in [5.41, 5.74) is 9.01. The number of nitrogens with two attached hydrogens (primary N) is 1. The fraction of sp³-hybridized carbons (Fsp3) is 0.200. The SMILES string of the molecule is CCOC(=O)Cc1ccc(Nc2ccncc2N)cc1. The molecule has 1 aromatic heterocycles. The van der Waals surface area contributed by atoms with E-state index in [9.17, 15) is 4.79 Å². The minimum atomic E-state index is -0.216. The summed E-state index contributed by atoms with van der Waals surface area (Å²) in [5.74, 6) is -0.216. The van der Waals surface area contributed by atoms with Crippen molar-refractivity contribution in [2.24, 2.45) is 0 Å². The number of ether oxygens (including phenoxy) is 1. The van der Waals surface area contributed by atoms with Gasteiger partial charge in [-0.1, -0.05) is 12.1 Å². The molecule has 0 bridgehead atoms. The Labute approximate surface area is 117 Å². The summed E-state index contributed by atoms with van der Waals surface area (Å²) in [4.78, 5) is 15.3. The number of rotatable bonds is 5. The van der Waals surface area contributed by atoms with E-state index in [1.54, 1.807) is 19.3 Å². The largest absolute Gasteiger partial charge is 0.466 e. The minimum Gasteiger partial charge on any atom is -0.466 e. The summed E-state index contributed by atoms with van der Waals surface area (Å²) in [6.07, 6.45) is 3.55. The fourth-order valence-electron chi connectivity index (χ4n) is 1.76. The molecule has 2 aromatic rings. The maximum Gasteiger partial charge on any atom is 0.310 e. The number of esters is 1. The van der Waals surface area contributed by atoms with Gasteiger partial charge in [-0.05, 0) is 30.7 Å². The molecule has 0 aliphatic heterocycles. The summed E-state index contributed by atoms with van der Waals surface area (Å²) in [5, 5.41) is 3.20. The van der Waals surface area contributed by atoms with Gasteiger partial charge in [0.1, 0.15) is 0 Å². The lowest BCUT2D eigenvalue weighted by Gasteiger charge is -2.09. The smallest absolute Gasteiger partial charge is 0.310 e. The van der Waals surface area contributed by atoms with E-state index in [4.69, 9.17) is 10.5 Å². The van der Waals surface area contributed by atoms with Gasteiger partial charge in [0.05, 0.1) is 30.6 Å². The number of hydrogen-bond donors (Lipinski definition) is 2. The highest BCUT2D eigenvalue weighted by atomic mass is 16.5. The van der Waals surface area contributed by atoms with Crippen molar-refractivity contribution < 1.29 is 9.53 Å². The van der Waals surface area contributed by atoms with Crippen LogP contribution in [-0.4, -0.2) is 17.6 Å². The van der Waals surface area contributed by atoms with Gasteiger partial charge >= 0.3 is 5.97 Å². The normalized spacial score (nSPS) is 10.1. The molecule has 3 N–H and O–H groups in total. The molecule has 2 rings (SSSR count). The molecule has 0 spiro atoms. The van der Waals surface area contributed by atoms with Gasteiger partial charge in [0.25, 0.3) is 0 Å². The molecule has 20 heavy (non-hydrogen) atoms. The van der Waals surface area contributed by atoms with Gasteiger partial charge in [-0.25, -0.2) is 0 Å². The number of nitrogens with zero attached hydrogens (tertiary/aromatic N) is 1. The summed E-state index contributed by atoms with van der Waals surface area (Å²) in [6, 6.07) is 9.37. The average Bonchev–Trinajstić information content (AvgIpc) is 2.44. The number of pyridine rings is 1. The van der Waals surface area contributed by atoms with Gasteiger partial charge in [0.2, 0.25) is 0 Å². The van der Waals surface area contributed by atoms with Crippen molar-refractivity contribution in [2.75, 3.05) is 17.7 Å². The zero-order valence-electron chi connectivity index (χ0n) is 11.3. The number of hydrogen-bond acceptors (Lipinski definition) is 5. The van der Waals surface area contributed by atoms with Crippen molar-refractivity contribution in [3.8, 4) is 0 Å². The van der Waals surface area contributed by atoms with Crippen LogP contribution in [0.4, 0.5) is 17.1 Å². The van der Waals surface area contributed by atoms with Crippen LogP contribution in [0, 0.1) is 0 Å². The number of nitrogens with one attached hydrogen (secondary N) is 1. The first kappa shape index (κ1) is 13.9. The van der Waals surface area contributed by atoms with Gasteiger partial charge in [-0.2, -0.15) is 0 Å². The molecule has 104 valence electrons. The summed E-state index contributed by atoms with van der Waals surface area (Å²) in [6.45, 7) is 2.20.